The average Bonchev–Trinajstić information content (AvgIpc) is 3.46. The summed E-state index contributed by atoms with van der Waals surface area (Å²) in [6.45, 7) is 3.30. The Labute approximate surface area is 277 Å². The molecule has 8 N–H and O–H groups in total. The van der Waals surface area contributed by atoms with E-state index in [9.17, 15) is 4.79 Å². The molecule has 0 radical (unpaired) electrons. The number of guanidine groups is 1. The molecule has 0 saturated carbocycles. The number of aryl methyl sites for hydroxylation is 1. The monoisotopic (exact) mass is 659 g/mol. The number of fused-ring (bicyclic) bond motifs is 1. The maximum absolute atomic E-state index is 15.1. The molecule has 3 aromatic heterocycles. The summed E-state index contributed by atoms with van der Waals surface area (Å²) < 4.78 is 22.8. The van der Waals surface area contributed by atoms with E-state index in [2.05, 4.69) is 25.6 Å². The zero-order valence-electron chi connectivity index (χ0n) is 26.1. The van der Waals surface area contributed by atoms with Crippen molar-refractivity contribution < 1.29 is 9.13 Å². The first kappa shape index (κ1) is 33.6. The number of aromatic amines is 1. The van der Waals surface area contributed by atoms with Crippen molar-refractivity contribution in [2.75, 3.05) is 18.4 Å². The molecular weight excluding hydrogens is 621 g/mol. The molecule has 3 heterocycles. The van der Waals surface area contributed by atoms with Crippen LogP contribution in [-0.2, 0) is 17.8 Å². The Morgan fingerprint density at radius 2 is 1.96 bits per heavy atom. The first-order chi connectivity index (χ1) is 22.7. The lowest BCUT2D eigenvalue weighted by atomic mass is 10.0. The number of rotatable bonds is 15. The molecule has 0 spiro atoms. The topological polar surface area (TPSA) is 173 Å². The highest BCUT2D eigenvalue weighted by Gasteiger charge is 2.16. The van der Waals surface area contributed by atoms with Crippen LogP contribution in [0.2, 0.25) is 5.02 Å². The summed E-state index contributed by atoms with van der Waals surface area (Å²) in [5, 5.41) is 14.2. The van der Waals surface area contributed by atoms with Gasteiger partial charge in [0.1, 0.15) is 11.5 Å². The molecule has 0 amide bonds. The highest BCUT2D eigenvalue weighted by atomic mass is 35.5. The molecule has 11 nitrogen and oxygen atoms in total. The van der Waals surface area contributed by atoms with Crippen molar-refractivity contribution in [3.63, 3.8) is 0 Å². The van der Waals surface area contributed by atoms with Gasteiger partial charge in [-0.1, -0.05) is 29.8 Å². The van der Waals surface area contributed by atoms with Crippen molar-refractivity contribution in [3.05, 3.63) is 106 Å². The van der Waals surface area contributed by atoms with Crippen LogP contribution in [0.1, 0.15) is 37.3 Å². The minimum Gasteiger partial charge on any atom is -0.372 e. The number of anilines is 1. The van der Waals surface area contributed by atoms with Crippen molar-refractivity contribution in [2.45, 2.75) is 51.4 Å². The summed E-state index contributed by atoms with van der Waals surface area (Å²) in [5.74, 6) is 0.114. The molecule has 0 unspecified atom stereocenters. The molecule has 0 aliphatic carbocycles. The largest absolute Gasteiger partial charge is 0.372 e. The lowest BCUT2D eigenvalue weighted by Crippen LogP contribution is -2.34. The van der Waals surface area contributed by atoms with Crippen LogP contribution in [0, 0.1) is 11.2 Å². The van der Waals surface area contributed by atoms with Crippen LogP contribution in [0.25, 0.3) is 28.0 Å². The van der Waals surface area contributed by atoms with Crippen molar-refractivity contribution in [1.29, 1.82) is 5.41 Å². The first-order valence-electron chi connectivity index (χ1n) is 15.5. The third-order valence-electron chi connectivity index (χ3n) is 7.67. The Morgan fingerprint density at radius 1 is 1.15 bits per heavy atom. The van der Waals surface area contributed by atoms with Gasteiger partial charge < -0.3 is 31.8 Å². The molecule has 0 bridgehead atoms. The minimum atomic E-state index is -0.535. The molecule has 13 heteroatoms. The average molecular weight is 660 g/mol. The number of nitrogens with two attached hydrogens (primary N) is 2. The molecule has 47 heavy (non-hydrogen) atoms. The number of hydrogen-bond acceptors (Lipinski definition) is 7. The van der Waals surface area contributed by atoms with Gasteiger partial charge >= 0.3 is 5.69 Å². The lowest BCUT2D eigenvalue weighted by molar-refractivity contribution is 0.0445. The smallest absolute Gasteiger partial charge is 0.354 e. The number of ether oxygens (including phenoxy) is 1. The van der Waals surface area contributed by atoms with E-state index in [1.54, 1.807) is 30.6 Å². The number of H-pyrrole nitrogens is 1. The van der Waals surface area contributed by atoms with E-state index in [0.717, 1.165) is 36.2 Å². The summed E-state index contributed by atoms with van der Waals surface area (Å²) in [4.78, 5) is 24.6. The van der Waals surface area contributed by atoms with Crippen LogP contribution in [0.5, 0.6) is 0 Å². The predicted molar refractivity (Wildman–Crippen MR) is 185 cm³/mol. The molecule has 0 aliphatic rings. The Hall–Kier alpha value is -4.78. The van der Waals surface area contributed by atoms with Gasteiger partial charge in [0, 0.05) is 42.5 Å². The van der Waals surface area contributed by atoms with E-state index in [1.807, 2.05) is 49.4 Å². The SMILES string of the molecule is C[C@H](N)CCCc1cc(Cl)c(F)c(-c2cc3cn(-c4ccc(CO[C@H](CCNC(=N)N)CNc5ccccn5)cc4)c(=O)nc3[nH]2)c1. The molecule has 2 aromatic carbocycles. The predicted octanol–water partition coefficient (Wildman–Crippen LogP) is 5.11. The summed E-state index contributed by atoms with van der Waals surface area (Å²) in [7, 11) is 0. The lowest BCUT2D eigenvalue weighted by Gasteiger charge is -2.19. The molecule has 0 saturated heterocycles. The Balaban J connectivity index is 1.29. The maximum atomic E-state index is 15.1. The van der Waals surface area contributed by atoms with Gasteiger partial charge in [-0.25, -0.2) is 14.2 Å². The number of aromatic nitrogens is 4. The fraction of sp³-hybridized carbons (Fsp3) is 0.294. The normalized spacial score (nSPS) is 12.6. The summed E-state index contributed by atoms with van der Waals surface area (Å²) in [6.07, 6.45) is 6.26. The minimum absolute atomic E-state index is 0.0390. The fourth-order valence-electron chi connectivity index (χ4n) is 5.20. The van der Waals surface area contributed by atoms with Gasteiger partial charge in [-0.15, -0.1) is 0 Å². The van der Waals surface area contributed by atoms with E-state index >= 15 is 4.39 Å². The van der Waals surface area contributed by atoms with Crippen molar-refractivity contribution in [1.82, 2.24) is 24.8 Å². The number of nitrogens with zero attached hydrogens (tertiary/aromatic N) is 3. The van der Waals surface area contributed by atoms with Gasteiger partial charge in [0.2, 0.25) is 0 Å². The molecule has 0 fully saturated rings. The highest BCUT2D eigenvalue weighted by molar-refractivity contribution is 6.31. The van der Waals surface area contributed by atoms with Gasteiger partial charge in [0.15, 0.2) is 11.8 Å². The number of halogens is 2. The summed E-state index contributed by atoms with van der Waals surface area (Å²) >= 11 is 6.25. The number of benzene rings is 2. The van der Waals surface area contributed by atoms with E-state index in [1.165, 1.54) is 4.57 Å². The molecular formula is C34H39ClFN9O2. The number of hydrogen-bond donors (Lipinski definition) is 6. The number of pyridine rings is 1. The van der Waals surface area contributed by atoms with Gasteiger partial charge in [0.05, 0.1) is 29.1 Å². The molecule has 5 aromatic rings. The van der Waals surface area contributed by atoms with Crippen LogP contribution in [0.15, 0.2) is 77.9 Å². The van der Waals surface area contributed by atoms with Gasteiger partial charge in [-0.3, -0.25) is 9.98 Å². The van der Waals surface area contributed by atoms with Crippen molar-refractivity contribution >= 4 is 34.4 Å². The number of nitrogens with one attached hydrogen (secondary N) is 4. The molecule has 5 rings (SSSR count). The summed E-state index contributed by atoms with van der Waals surface area (Å²) in [6, 6.07) is 18.3. The van der Waals surface area contributed by atoms with Crippen LogP contribution >= 0.6 is 11.6 Å². The fourth-order valence-corrected chi connectivity index (χ4v) is 5.44. The van der Waals surface area contributed by atoms with Crippen LogP contribution < -0.4 is 27.8 Å². The Morgan fingerprint density at radius 3 is 2.68 bits per heavy atom. The second kappa shape index (κ2) is 15.7. The Bertz CT molecular complexity index is 1860. The molecule has 246 valence electrons. The zero-order valence-corrected chi connectivity index (χ0v) is 26.9. The first-order valence-corrected chi connectivity index (χ1v) is 15.8. The Kier molecular flexibility index (Phi) is 11.2. The van der Waals surface area contributed by atoms with Crippen LogP contribution in [0.4, 0.5) is 10.2 Å². The van der Waals surface area contributed by atoms with E-state index in [-0.39, 0.29) is 23.1 Å². The second-order valence-corrected chi connectivity index (χ2v) is 11.9. The third kappa shape index (κ3) is 9.16. The van der Waals surface area contributed by atoms with Crippen molar-refractivity contribution in [2.24, 2.45) is 11.5 Å². The molecule has 2 atom stereocenters. The zero-order chi connectivity index (χ0) is 33.3. The van der Waals surface area contributed by atoms with Crippen LogP contribution in [0.3, 0.4) is 0 Å². The third-order valence-corrected chi connectivity index (χ3v) is 7.94. The summed E-state index contributed by atoms with van der Waals surface area (Å²) in [5.41, 5.74) is 14.4. The molecule has 0 aliphatic heterocycles. The van der Waals surface area contributed by atoms with E-state index < -0.39 is 11.5 Å². The van der Waals surface area contributed by atoms with Crippen molar-refractivity contribution in [3.8, 4) is 16.9 Å². The van der Waals surface area contributed by atoms with E-state index in [0.29, 0.717) is 54.1 Å². The maximum Gasteiger partial charge on any atom is 0.354 e. The second-order valence-electron chi connectivity index (χ2n) is 11.5. The van der Waals surface area contributed by atoms with Gasteiger partial charge in [-0.05, 0) is 86.2 Å². The van der Waals surface area contributed by atoms with Gasteiger partial charge in [-0.2, -0.15) is 4.98 Å². The van der Waals surface area contributed by atoms with E-state index in [4.69, 9.17) is 33.2 Å². The quantitative estimate of drug-likeness (QED) is 0.0665. The highest BCUT2D eigenvalue weighted by Crippen LogP contribution is 2.31. The van der Waals surface area contributed by atoms with Gasteiger partial charge in [0.25, 0.3) is 0 Å². The van der Waals surface area contributed by atoms with Crippen LogP contribution in [-0.4, -0.2) is 50.7 Å². The standard InChI is InChI=1S/C34H39ClFN9O2/c1-21(37)5-4-6-23-15-27(31(36)28(35)16-23)29-17-24-19-45(34(46)44-32(24)43-29)25-10-8-22(9-11-25)20-47-26(12-14-41-33(38)39)18-42-30-7-2-3-13-40-30/h2-3,7-11,13,15-17,19,21,26H,4-6,12,14,18,20,37H2,1H3,(H,40,42)(H4,38,39,41)(H,43,44,46)/t21-,26+/m0/s1.